The number of nitrogens with two attached hydrogens (primary N) is 1. The molecule has 2 N–H and O–H groups in total. The van der Waals surface area contributed by atoms with Gasteiger partial charge in [-0.05, 0) is 38.0 Å². The maximum atomic E-state index is 12.0. The minimum atomic E-state index is -0.202. The molecule has 21 heavy (non-hydrogen) atoms. The average Bonchev–Trinajstić information content (AvgIpc) is 2.45. The monoisotopic (exact) mass is 292 g/mol. The van der Waals surface area contributed by atoms with Crippen LogP contribution in [0.2, 0.25) is 0 Å². The van der Waals surface area contributed by atoms with Gasteiger partial charge in [0.25, 0.3) is 0 Å². The van der Waals surface area contributed by atoms with Gasteiger partial charge in [-0.2, -0.15) is 0 Å². The molecule has 0 aliphatic carbocycles. The molecule has 5 nitrogen and oxygen atoms in total. The molecular weight excluding hydrogens is 268 g/mol. The molecule has 2 unspecified atom stereocenters. The topological polar surface area (TPSA) is 64.8 Å². The van der Waals surface area contributed by atoms with Gasteiger partial charge in [-0.15, -0.1) is 0 Å². The average molecular weight is 292 g/mol. The minimum Gasteiger partial charge on any atom is -0.487 e. The van der Waals surface area contributed by atoms with Gasteiger partial charge in [-0.3, -0.25) is 4.79 Å². The van der Waals surface area contributed by atoms with Crippen LogP contribution in [0.1, 0.15) is 32.8 Å². The first kappa shape index (κ1) is 15.6. The predicted molar refractivity (Wildman–Crippen MR) is 82.5 cm³/mol. The highest BCUT2D eigenvalue weighted by atomic mass is 16.5. The van der Waals surface area contributed by atoms with Gasteiger partial charge in [0, 0.05) is 6.54 Å². The number of hydrogen-bond acceptors (Lipinski definition) is 5. The van der Waals surface area contributed by atoms with E-state index in [1.54, 1.807) is 0 Å². The predicted octanol–water partition coefficient (Wildman–Crippen LogP) is 2.07. The Balaban J connectivity index is 2.13. The molecule has 2 rings (SSSR count). The van der Waals surface area contributed by atoms with Crippen LogP contribution in [0.5, 0.6) is 5.75 Å². The molecule has 1 heterocycles. The lowest BCUT2D eigenvalue weighted by Gasteiger charge is -2.34. The summed E-state index contributed by atoms with van der Waals surface area (Å²) in [7, 11) is 0. The molecule has 0 spiro atoms. The molecule has 1 aliphatic rings. The second-order valence-corrected chi connectivity index (χ2v) is 5.52. The highest BCUT2D eigenvalue weighted by Crippen LogP contribution is 2.34. The van der Waals surface area contributed by atoms with E-state index in [4.69, 9.17) is 15.2 Å². The molecule has 0 bridgehead atoms. The van der Waals surface area contributed by atoms with Crippen molar-refractivity contribution in [2.45, 2.75) is 45.9 Å². The summed E-state index contributed by atoms with van der Waals surface area (Å²) in [6.45, 7) is 7.28. The molecule has 0 amide bonds. The van der Waals surface area contributed by atoms with Crippen molar-refractivity contribution < 1.29 is 14.3 Å². The van der Waals surface area contributed by atoms with Gasteiger partial charge in [-0.25, -0.2) is 0 Å². The Morgan fingerprint density at radius 2 is 2.33 bits per heavy atom. The highest BCUT2D eigenvalue weighted by Gasteiger charge is 2.25. The van der Waals surface area contributed by atoms with E-state index in [2.05, 4.69) is 0 Å². The Kier molecular flexibility index (Phi) is 5.07. The van der Waals surface area contributed by atoms with Gasteiger partial charge in [0.05, 0.1) is 18.3 Å². The molecule has 5 heteroatoms. The van der Waals surface area contributed by atoms with Crippen molar-refractivity contribution >= 4 is 11.7 Å². The van der Waals surface area contributed by atoms with Crippen molar-refractivity contribution in [2.24, 2.45) is 5.73 Å². The van der Waals surface area contributed by atoms with Crippen LogP contribution in [0.3, 0.4) is 0 Å². The number of benzene rings is 1. The first-order chi connectivity index (χ1) is 10.0. The van der Waals surface area contributed by atoms with E-state index in [1.807, 2.05) is 43.9 Å². The number of carbonyl (C=O) groups excluding carboxylic acids is 1. The molecule has 0 saturated carbocycles. The first-order valence-corrected chi connectivity index (χ1v) is 7.47. The fourth-order valence-electron chi connectivity index (χ4n) is 2.35. The van der Waals surface area contributed by atoms with E-state index in [0.717, 1.165) is 23.4 Å². The molecule has 116 valence electrons. The highest BCUT2D eigenvalue weighted by molar-refractivity contribution is 5.77. The summed E-state index contributed by atoms with van der Waals surface area (Å²) in [4.78, 5) is 14.0. The second kappa shape index (κ2) is 6.80. The van der Waals surface area contributed by atoms with Gasteiger partial charge in [0.2, 0.25) is 0 Å². The number of rotatable bonds is 5. The van der Waals surface area contributed by atoms with Crippen LogP contribution in [-0.4, -0.2) is 31.3 Å². The Bertz CT molecular complexity index is 504. The molecule has 1 aromatic rings. The van der Waals surface area contributed by atoms with E-state index in [1.165, 1.54) is 0 Å². The van der Waals surface area contributed by atoms with E-state index >= 15 is 0 Å². The van der Waals surface area contributed by atoms with E-state index in [0.29, 0.717) is 13.1 Å². The maximum absolute atomic E-state index is 12.0. The van der Waals surface area contributed by atoms with Gasteiger partial charge >= 0.3 is 5.97 Å². The van der Waals surface area contributed by atoms with E-state index in [-0.39, 0.29) is 24.7 Å². The standard InChI is InChI=1S/C16H24N2O3/c1-4-11(2)21-16(19)10-18-9-12(3)20-15-7-13(8-17)5-6-14(15)18/h5-7,11-12H,4,8-10,17H2,1-3H3. The van der Waals surface area contributed by atoms with Crippen LogP contribution >= 0.6 is 0 Å². The SMILES string of the molecule is CCC(C)OC(=O)CN1CC(C)Oc2cc(CN)ccc21. The summed E-state index contributed by atoms with van der Waals surface area (Å²) in [6, 6.07) is 5.86. The van der Waals surface area contributed by atoms with Crippen LogP contribution in [0, 0.1) is 0 Å². The quantitative estimate of drug-likeness (QED) is 0.842. The zero-order valence-corrected chi connectivity index (χ0v) is 13.0. The fraction of sp³-hybridized carbons (Fsp3) is 0.562. The van der Waals surface area contributed by atoms with Gasteiger partial charge in [0.1, 0.15) is 18.4 Å². The normalized spacial score (nSPS) is 18.7. The largest absolute Gasteiger partial charge is 0.487 e. The van der Waals surface area contributed by atoms with Crippen molar-refractivity contribution in [3.8, 4) is 5.75 Å². The third-order valence-corrected chi connectivity index (χ3v) is 3.63. The number of anilines is 1. The summed E-state index contributed by atoms with van der Waals surface area (Å²) in [6.07, 6.45) is 0.804. The van der Waals surface area contributed by atoms with Crippen molar-refractivity contribution in [2.75, 3.05) is 18.0 Å². The molecule has 0 radical (unpaired) electrons. The maximum Gasteiger partial charge on any atom is 0.325 e. The molecule has 1 aromatic carbocycles. The van der Waals surface area contributed by atoms with Crippen molar-refractivity contribution in [1.29, 1.82) is 0 Å². The molecule has 0 aromatic heterocycles. The van der Waals surface area contributed by atoms with Crippen LogP contribution < -0.4 is 15.4 Å². The van der Waals surface area contributed by atoms with Crippen molar-refractivity contribution in [3.63, 3.8) is 0 Å². The van der Waals surface area contributed by atoms with Gasteiger partial charge < -0.3 is 20.1 Å². The minimum absolute atomic E-state index is 0.0296. The zero-order chi connectivity index (χ0) is 15.4. The number of hydrogen-bond donors (Lipinski definition) is 1. The number of carbonyl (C=O) groups is 1. The number of ether oxygens (including phenoxy) is 2. The molecule has 0 fully saturated rings. The van der Waals surface area contributed by atoms with Crippen molar-refractivity contribution in [1.82, 2.24) is 0 Å². The third kappa shape index (κ3) is 3.88. The Hall–Kier alpha value is -1.75. The Labute approximate surface area is 126 Å². The second-order valence-electron chi connectivity index (χ2n) is 5.52. The van der Waals surface area contributed by atoms with Gasteiger partial charge in [-0.1, -0.05) is 13.0 Å². The lowest BCUT2D eigenvalue weighted by atomic mass is 10.1. The molecular formula is C16H24N2O3. The number of nitrogens with zero attached hydrogens (tertiary/aromatic N) is 1. The Morgan fingerprint density at radius 3 is 3.00 bits per heavy atom. The number of esters is 1. The van der Waals surface area contributed by atoms with Crippen LogP contribution in [0.25, 0.3) is 0 Å². The van der Waals surface area contributed by atoms with Crippen LogP contribution in [0.15, 0.2) is 18.2 Å². The first-order valence-electron chi connectivity index (χ1n) is 7.47. The van der Waals surface area contributed by atoms with E-state index < -0.39 is 0 Å². The van der Waals surface area contributed by atoms with Crippen LogP contribution in [0.4, 0.5) is 5.69 Å². The summed E-state index contributed by atoms with van der Waals surface area (Å²) in [5.41, 5.74) is 7.60. The Morgan fingerprint density at radius 1 is 1.57 bits per heavy atom. The smallest absolute Gasteiger partial charge is 0.325 e. The fourth-order valence-corrected chi connectivity index (χ4v) is 2.35. The molecule has 1 aliphatic heterocycles. The van der Waals surface area contributed by atoms with Gasteiger partial charge in [0.15, 0.2) is 0 Å². The third-order valence-electron chi connectivity index (χ3n) is 3.63. The number of fused-ring (bicyclic) bond motifs is 1. The summed E-state index contributed by atoms with van der Waals surface area (Å²) >= 11 is 0. The molecule has 2 atom stereocenters. The van der Waals surface area contributed by atoms with Crippen LogP contribution in [-0.2, 0) is 16.1 Å². The summed E-state index contributed by atoms with van der Waals surface area (Å²) in [5, 5.41) is 0. The summed E-state index contributed by atoms with van der Waals surface area (Å²) in [5.74, 6) is 0.584. The lowest BCUT2D eigenvalue weighted by molar-refractivity contribution is -0.146. The van der Waals surface area contributed by atoms with Crippen molar-refractivity contribution in [3.05, 3.63) is 23.8 Å². The summed E-state index contributed by atoms with van der Waals surface area (Å²) < 4.78 is 11.2. The zero-order valence-electron chi connectivity index (χ0n) is 13.0. The lowest BCUT2D eigenvalue weighted by Crippen LogP contribution is -2.42. The van der Waals surface area contributed by atoms with E-state index in [9.17, 15) is 4.79 Å². The molecule has 0 saturated heterocycles.